The van der Waals surface area contributed by atoms with Gasteiger partial charge in [-0.2, -0.15) is 0 Å². The predicted octanol–water partition coefficient (Wildman–Crippen LogP) is 2.64. The van der Waals surface area contributed by atoms with Crippen LogP contribution in [0.25, 0.3) is 0 Å². The molecule has 0 N–H and O–H groups in total. The molecule has 0 fully saturated rings. The van der Waals surface area contributed by atoms with E-state index in [0.29, 0.717) is 5.28 Å². The summed E-state index contributed by atoms with van der Waals surface area (Å²) in [5.74, 6) is 0.817. The molecule has 0 amide bonds. The third kappa shape index (κ3) is 1.83. The summed E-state index contributed by atoms with van der Waals surface area (Å²) >= 11 is 5.72. The molecule has 1 aliphatic carbocycles. The van der Waals surface area contributed by atoms with Crippen LogP contribution in [0.1, 0.15) is 31.0 Å². The molecule has 0 bridgehead atoms. The standard InChI is InChI=1S/C10H13ClN2/c1-2-7-3-4-9-8(5-7)6-12-10(11)13-9/h6-7H,2-5H2,1H3. The molecule has 1 aromatic heterocycles. The molecule has 1 atom stereocenters. The fourth-order valence-electron chi connectivity index (χ4n) is 1.91. The molecule has 1 unspecified atom stereocenters. The van der Waals surface area contributed by atoms with Crippen molar-refractivity contribution in [3.63, 3.8) is 0 Å². The second-order valence-corrected chi connectivity index (χ2v) is 3.97. The minimum atomic E-state index is 0.383. The number of rotatable bonds is 1. The Morgan fingerprint density at radius 1 is 1.62 bits per heavy atom. The number of hydrogen-bond donors (Lipinski definition) is 0. The zero-order valence-corrected chi connectivity index (χ0v) is 8.51. The molecule has 0 saturated carbocycles. The summed E-state index contributed by atoms with van der Waals surface area (Å²) in [5.41, 5.74) is 2.45. The van der Waals surface area contributed by atoms with E-state index in [-0.39, 0.29) is 0 Å². The second-order valence-electron chi connectivity index (χ2n) is 3.63. The highest BCUT2D eigenvalue weighted by molar-refractivity contribution is 6.28. The smallest absolute Gasteiger partial charge is 0.222 e. The fraction of sp³-hybridized carbons (Fsp3) is 0.600. The van der Waals surface area contributed by atoms with Crippen molar-refractivity contribution in [2.75, 3.05) is 0 Å². The van der Waals surface area contributed by atoms with Gasteiger partial charge in [-0.3, -0.25) is 0 Å². The lowest BCUT2D eigenvalue weighted by molar-refractivity contribution is 0.438. The Balaban J connectivity index is 2.26. The van der Waals surface area contributed by atoms with Crippen LogP contribution < -0.4 is 0 Å². The molecular weight excluding hydrogens is 184 g/mol. The summed E-state index contributed by atoms with van der Waals surface area (Å²) in [6.45, 7) is 2.24. The molecule has 1 aromatic rings. The van der Waals surface area contributed by atoms with E-state index in [4.69, 9.17) is 11.6 Å². The van der Waals surface area contributed by atoms with Crippen LogP contribution in [0.2, 0.25) is 5.28 Å². The van der Waals surface area contributed by atoms with E-state index in [9.17, 15) is 0 Å². The largest absolute Gasteiger partial charge is 0.226 e. The normalized spacial score (nSPS) is 21.2. The van der Waals surface area contributed by atoms with Gasteiger partial charge in [0.25, 0.3) is 0 Å². The number of halogens is 1. The minimum absolute atomic E-state index is 0.383. The van der Waals surface area contributed by atoms with Crippen LogP contribution in [0.3, 0.4) is 0 Å². The molecule has 70 valence electrons. The Morgan fingerprint density at radius 3 is 3.23 bits per heavy atom. The summed E-state index contributed by atoms with van der Waals surface area (Å²) in [5, 5.41) is 0.383. The van der Waals surface area contributed by atoms with Crippen molar-refractivity contribution in [3.8, 4) is 0 Å². The number of nitrogens with zero attached hydrogens (tertiary/aromatic N) is 2. The molecule has 0 radical (unpaired) electrons. The van der Waals surface area contributed by atoms with Crippen LogP contribution in [-0.4, -0.2) is 9.97 Å². The Morgan fingerprint density at radius 2 is 2.46 bits per heavy atom. The van der Waals surface area contributed by atoms with E-state index in [1.165, 1.54) is 18.4 Å². The van der Waals surface area contributed by atoms with Gasteiger partial charge in [0.2, 0.25) is 5.28 Å². The van der Waals surface area contributed by atoms with Gasteiger partial charge in [0.1, 0.15) is 0 Å². The van der Waals surface area contributed by atoms with E-state index >= 15 is 0 Å². The number of aromatic nitrogens is 2. The van der Waals surface area contributed by atoms with Crippen molar-refractivity contribution < 1.29 is 0 Å². The predicted molar refractivity (Wildman–Crippen MR) is 52.8 cm³/mol. The lowest BCUT2D eigenvalue weighted by Crippen LogP contribution is -2.15. The van der Waals surface area contributed by atoms with E-state index in [1.54, 1.807) is 0 Å². The van der Waals surface area contributed by atoms with Crippen LogP contribution in [0.5, 0.6) is 0 Å². The quantitative estimate of drug-likeness (QED) is 0.646. The first kappa shape index (κ1) is 8.95. The Bertz CT molecular complexity index is 312. The first-order valence-corrected chi connectivity index (χ1v) is 5.17. The Kier molecular flexibility index (Phi) is 2.49. The SMILES string of the molecule is CCC1CCc2nc(Cl)ncc2C1. The van der Waals surface area contributed by atoms with E-state index < -0.39 is 0 Å². The first-order chi connectivity index (χ1) is 6.29. The third-order valence-corrected chi connectivity index (χ3v) is 2.98. The first-order valence-electron chi connectivity index (χ1n) is 4.80. The highest BCUT2D eigenvalue weighted by Crippen LogP contribution is 2.26. The molecule has 0 spiro atoms. The Hall–Kier alpha value is -0.630. The van der Waals surface area contributed by atoms with Crippen LogP contribution in [0.4, 0.5) is 0 Å². The van der Waals surface area contributed by atoms with Crippen molar-refractivity contribution in [1.82, 2.24) is 9.97 Å². The fourth-order valence-corrected chi connectivity index (χ4v) is 2.06. The maximum Gasteiger partial charge on any atom is 0.222 e. The van der Waals surface area contributed by atoms with E-state index in [1.807, 2.05) is 6.20 Å². The van der Waals surface area contributed by atoms with Crippen LogP contribution in [0, 0.1) is 5.92 Å². The number of fused-ring (bicyclic) bond motifs is 1. The van der Waals surface area contributed by atoms with Gasteiger partial charge >= 0.3 is 0 Å². The molecule has 1 heterocycles. The molecule has 2 rings (SSSR count). The molecule has 3 heteroatoms. The summed E-state index contributed by atoms with van der Waals surface area (Å²) in [7, 11) is 0. The highest BCUT2D eigenvalue weighted by atomic mass is 35.5. The van der Waals surface area contributed by atoms with E-state index in [2.05, 4.69) is 16.9 Å². The lowest BCUT2D eigenvalue weighted by Gasteiger charge is -2.21. The van der Waals surface area contributed by atoms with Gasteiger partial charge in [-0.05, 0) is 42.3 Å². The minimum Gasteiger partial charge on any atom is -0.226 e. The van der Waals surface area contributed by atoms with Crippen molar-refractivity contribution >= 4 is 11.6 Å². The van der Waals surface area contributed by atoms with Crippen molar-refractivity contribution in [1.29, 1.82) is 0 Å². The third-order valence-electron chi connectivity index (χ3n) is 2.80. The van der Waals surface area contributed by atoms with Crippen LogP contribution in [0.15, 0.2) is 6.20 Å². The highest BCUT2D eigenvalue weighted by Gasteiger charge is 2.18. The molecule has 2 nitrogen and oxygen atoms in total. The molecule has 13 heavy (non-hydrogen) atoms. The van der Waals surface area contributed by atoms with Crippen LogP contribution >= 0.6 is 11.6 Å². The molecule has 0 saturated heterocycles. The molecule has 0 aliphatic heterocycles. The van der Waals surface area contributed by atoms with Gasteiger partial charge in [0.05, 0.1) is 0 Å². The number of hydrogen-bond acceptors (Lipinski definition) is 2. The molecule has 0 aromatic carbocycles. The maximum atomic E-state index is 5.72. The summed E-state index contributed by atoms with van der Waals surface area (Å²) < 4.78 is 0. The van der Waals surface area contributed by atoms with Crippen LogP contribution in [-0.2, 0) is 12.8 Å². The monoisotopic (exact) mass is 196 g/mol. The second kappa shape index (κ2) is 3.62. The topological polar surface area (TPSA) is 25.8 Å². The molecular formula is C10H13ClN2. The summed E-state index contributed by atoms with van der Waals surface area (Å²) in [4.78, 5) is 8.25. The summed E-state index contributed by atoms with van der Waals surface area (Å²) in [6, 6.07) is 0. The Labute approximate surface area is 83.4 Å². The van der Waals surface area contributed by atoms with Gasteiger partial charge in [0, 0.05) is 11.9 Å². The zero-order chi connectivity index (χ0) is 9.26. The van der Waals surface area contributed by atoms with Gasteiger partial charge in [-0.1, -0.05) is 13.3 Å². The summed E-state index contributed by atoms with van der Waals surface area (Å²) in [6.07, 6.45) is 6.57. The van der Waals surface area contributed by atoms with Gasteiger partial charge in [-0.25, -0.2) is 9.97 Å². The number of aryl methyl sites for hydroxylation is 1. The van der Waals surface area contributed by atoms with Gasteiger partial charge in [-0.15, -0.1) is 0 Å². The zero-order valence-electron chi connectivity index (χ0n) is 7.76. The average molecular weight is 197 g/mol. The average Bonchev–Trinajstić information content (AvgIpc) is 2.17. The van der Waals surface area contributed by atoms with Crippen molar-refractivity contribution in [3.05, 3.63) is 22.7 Å². The lowest BCUT2D eigenvalue weighted by atomic mass is 9.86. The van der Waals surface area contributed by atoms with Crippen molar-refractivity contribution in [2.45, 2.75) is 32.6 Å². The molecule has 1 aliphatic rings. The van der Waals surface area contributed by atoms with Gasteiger partial charge < -0.3 is 0 Å². The van der Waals surface area contributed by atoms with Gasteiger partial charge in [0.15, 0.2) is 0 Å². The van der Waals surface area contributed by atoms with Crippen molar-refractivity contribution in [2.24, 2.45) is 5.92 Å². The van der Waals surface area contributed by atoms with E-state index in [0.717, 1.165) is 24.5 Å². The maximum absolute atomic E-state index is 5.72.